The molecule has 0 heterocycles. The molecular weight excluding hydrogens is 186 g/mol. The van der Waals surface area contributed by atoms with Gasteiger partial charge in [-0.2, -0.15) is 0 Å². The maximum Gasteiger partial charge on any atom is 0.323 e. The zero-order chi connectivity index (χ0) is 10.8. The molecule has 80 valence electrons. The van der Waals surface area contributed by atoms with Gasteiger partial charge in [-0.15, -0.1) is 0 Å². The minimum Gasteiger partial charge on any atom is -0.481 e. The van der Waals surface area contributed by atoms with E-state index >= 15 is 0 Å². The van der Waals surface area contributed by atoms with Crippen LogP contribution in [0, 0.1) is 5.92 Å². The van der Waals surface area contributed by atoms with Crippen LogP contribution in [0.1, 0.15) is 32.1 Å². The third-order valence-corrected chi connectivity index (χ3v) is 2.89. The first-order valence-corrected chi connectivity index (χ1v) is 4.71. The SMILES string of the molecule is N[C@]1(C(=O)O)CCC[C@@H](C(=O)O)CC1. The van der Waals surface area contributed by atoms with Gasteiger partial charge in [-0.25, -0.2) is 0 Å². The number of carbonyl (C=O) groups is 2. The fourth-order valence-electron chi connectivity index (χ4n) is 1.83. The van der Waals surface area contributed by atoms with E-state index in [1.54, 1.807) is 0 Å². The molecule has 0 unspecified atom stereocenters. The predicted molar refractivity (Wildman–Crippen MR) is 48.8 cm³/mol. The van der Waals surface area contributed by atoms with Crippen LogP contribution in [0.15, 0.2) is 0 Å². The standard InChI is InChI=1S/C9H15NO4/c10-9(8(13)14)4-1-2-6(3-5-9)7(11)12/h6H,1-5,10H2,(H,11,12)(H,13,14)/t6-,9-/m1/s1. The summed E-state index contributed by atoms with van der Waals surface area (Å²) < 4.78 is 0. The van der Waals surface area contributed by atoms with Crippen LogP contribution in [-0.2, 0) is 9.59 Å². The van der Waals surface area contributed by atoms with Gasteiger partial charge >= 0.3 is 11.9 Å². The molecule has 0 saturated heterocycles. The van der Waals surface area contributed by atoms with Crippen LogP contribution in [0.4, 0.5) is 0 Å². The summed E-state index contributed by atoms with van der Waals surface area (Å²) in [5.41, 5.74) is 4.45. The van der Waals surface area contributed by atoms with Crippen LogP contribution >= 0.6 is 0 Å². The molecule has 5 heteroatoms. The molecule has 0 bridgehead atoms. The first kappa shape index (κ1) is 11.0. The van der Waals surface area contributed by atoms with Crippen molar-refractivity contribution in [3.8, 4) is 0 Å². The van der Waals surface area contributed by atoms with E-state index in [2.05, 4.69) is 0 Å². The number of carboxylic acids is 2. The van der Waals surface area contributed by atoms with Crippen molar-refractivity contribution in [3.05, 3.63) is 0 Å². The monoisotopic (exact) mass is 201 g/mol. The summed E-state index contributed by atoms with van der Waals surface area (Å²) >= 11 is 0. The number of rotatable bonds is 2. The summed E-state index contributed by atoms with van der Waals surface area (Å²) in [6.07, 6.45) is 2.07. The molecule has 1 fully saturated rings. The van der Waals surface area contributed by atoms with Crippen molar-refractivity contribution < 1.29 is 19.8 Å². The Hall–Kier alpha value is -1.10. The van der Waals surface area contributed by atoms with Gasteiger partial charge < -0.3 is 15.9 Å². The second-order valence-electron chi connectivity index (χ2n) is 3.93. The predicted octanol–water partition coefficient (Wildman–Crippen LogP) is 0.433. The largest absolute Gasteiger partial charge is 0.481 e. The van der Waals surface area contributed by atoms with Crippen molar-refractivity contribution in [3.63, 3.8) is 0 Å². The van der Waals surface area contributed by atoms with Gasteiger partial charge in [0.1, 0.15) is 5.54 Å². The molecule has 4 N–H and O–H groups in total. The van der Waals surface area contributed by atoms with Crippen molar-refractivity contribution in [1.29, 1.82) is 0 Å². The minimum atomic E-state index is -1.22. The zero-order valence-electron chi connectivity index (χ0n) is 7.90. The van der Waals surface area contributed by atoms with Crippen LogP contribution in [0.5, 0.6) is 0 Å². The second kappa shape index (κ2) is 3.96. The third kappa shape index (κ3) is 2.23. The van der Waals surface area contributed by atoms with E-state index in [9.17, 15) is 9.59 Å². The second-order valence-corrected chi connectivity index (χ2v) is 3.93. The average Bonchev–Trinajstić information content (AvgIpc) is 2.28. The molecule has 0 radical (unpaired) electrons. The van der Waals surface area contributed by atoms with Crippen molar-refractivity contribution >= 4 is 11.9 Å². The van der Waals surface area contributed by atoms with Crippen molar-refractivity contribution in [1.82, 2.24) is 0 Å². The topological polar surface area (TPSA) is 101 Å². The molecule has 1 rings (SSSR count). The maximum absolute atomic E-state index is 10.8. The first-order valence-electron chi connectivity index (χ1n) is 4.71. The molecule has 0 amide bonds. The summed E-state index contributed by atoms with van der Waals surface area (Å²) in [5, 5.41) is 17.7. The smallest absolute Gasteiger partial charge is 0.323 e. The molecule has 1 saturated carbocycles. The number of aliphatic carboxylic acids is 2. The van der Waals surface area contributed by atoms with E-state index in [1.807, 2.05) is 0 Å². The van der Waals surface area contributed by atoms with Crippen LogP contribution in [0.25, 0.3) is 0 Å². The Morgan fingerprint density at radius 1 is 1.21 bits per heavy atom. The molecular formula is C9H15NO4. The molecule has 14 heavy (non-hydrogen) atoms. The fraction of sp³-hybridized carbons (Fsp3) is 0.778. The highest BCUT2D eigenvalue weighted by Gasteiger charge is 2.37. The maximum atomic E-state index is 10.8. The van der Waals surface area contributed by atoms with Crippen molar-refractivity contribution in [2.24, 2.45) is 11.7 Å². The van der Waals surface area contributed by atoms with Gasteiger partial charge in [-0.3, -0.25) is 9.59 Å². The number of nitrogens with two attached hydrogens (primary N) is 1. The van der Waals surface area contributed by atoms with Crippen LogP contribution in [0.2, 0.25) is 0 Å². The van der Waals surface area contributed by atoms with Crippen LogP contribution in [0.3, 0.4) is 0 Å². The van der Waals surface area contributed by atoms with Crippen molar-refractivity contribution in [2.75, 3.05) is 0 Å². The third-order valence-electron chi connectivity index (χ3n) is 2.89. The van der Waals surface area contributed by atoms with Gasteiger partial charge in [-0.1, -0.05) is 6.42 Å². The molecule has 0 aromatic carbocycles. The van der Waals surface area contributed by atoms with Crippen LogP contribution < -0.4 is 5.73 Å². The molecule has 0 aliphatic heterocycles. The Labute approximate surface area is 81.9 Å². The molecule has 2 atom stereocenters. The lowest BCUT2D eigenvalue weighted by Crippen LogP contribution is -2.47. The van der Waals surface area contributed by atoms with E-state index in [0.29, 0.717) is 25.7 Å². The van der Waals surface area contributed by atoms with Gasteiger partial charge in [-0.05, 0) is 25.7 Å². The summed E-state index contributed by atoms with van der Waals surface area (Å²) in [7, 11) is 0. The normalized spacial score (nSPS) is 33.4. The molecule has 1 aliphatic rings. The van der Waals surface area contributed by atoms with Gasteiger partial charge in [0.2, 0.25) is 0 Å². The fourth-order valence-corrected chi connectivity index (χ4v) is 1.83. The Morgan fingerprint density at radius 3 is 2.36 bits per heavy atom. The average molecular weight is 201 g/mol. The first-order chi connectivity index (χ1) is 6.46. The van der Waals surface area contributed by atoms with E-state index < -0.39 is 23.4 Å². The Morgan fingerprint density at radius 2 is 1.86 bits per heavy atom. The zero-order valence-corrected chi connectivity index (χ0v) is 7.90. The van der Waals surface area contributed by atoms with E-state index in [1.165, 1.54) is 0 Å². The van der Waals surface area contributed by atoms with E-state index in [4.69, 9.17) is 15.9 Å². The molecule has 0 aromatic heterocycles. The molecule has 0 aromatic rings. The lowest BCUT2D eigenvalue weighted by Gasteiger charge is -2.21. The Bertz CT molecular complexity index is 253. The number of carboxylic acid groups (broad SMARTS) is 2. The lowest BCUT2D eigenvalue weighted by molar-refractivity contribution is -0.145. The van der Waals surface area contributed by atoms with Crippen molar-refractivity contribution in [2.45, 2.75) is 37.6 Å². The summed E-state index contributed by atoms with van der Waals surface area (Å²) in [6.45, 7) is 0. The van der Waals surface area contributed by atoms with E-state index in [0.717, 1.165) is 0 Å². The highest BCUT2D eigenvalue weighted by molar-refractivity contribution is 5.78. The quantitative estimate of drug-likeness (QED) is 0.562. The molecule has 1 aliphatic carbocycles. The summed E-state index contributed by atoms with van der Waals surface area (Å²) in [4.78, 5) is 21.5. The number of hydrogen-bond donors (Lipinski definition) is 3. The van der Waals surface area contributed by atoms with Crippen LogP contribution in [-0.4, -0.2) is 27.7 Å². The highest BCUT2D eigenvalue weighted by Crippen LogP contribution is 2.29. The lowest BCUT2D eigenvalue weighted by atomic mass is 9.91. The Kier molecular flexibility index (Phi) is 3.10. The molecule has 0 spiro atoms. The Balaban J connectivity index is 2.65. The van der Waals surface area contributed by atoms with Gasteiger partial charge in [0.25, 0.3) is 0 Å². The molecule has 5 nitrogen and oxygen atoms in total. The summed E-state index contributed by atoms with van der Waals surface area (Å²) in [5.74, 6) is -2.30. The summed E-state index contributed by atoms with van der Waals surface area (Å²) in [6, 6.07) is 0. The van der Waals surface area contributed by atoms with Gasteiger partial charge in [0.15, 0.2) is 0 Å². The van der Waals surface area contributed by atoms with Gasteiger partial charge in [0.05, 0.1) is 5.92 Å². The van der Waals surface area contributed by atoms with E-state index in [-0.39, 0.29) is 6.42 Å². The van der Waals surface area contributed by atoms with Gasteiger partial charge in [0, 0.05) is 0 Å². The minimum absolute atomic E-state index is 0.249. The number of hydrogen-bond acceptors (Lipinski definition) is 3. The highest BCUT2D eigenvalue weighted by atomic mass is 16.4.